The van der Waals surface area contributed by atoms with Gasteiger partial charge in [-0.2, -0.15) is 13.2 Å². The van der Waals surface area contributed by atoms with Gasteiger partial charge in [0.15, 0.2) is 0 Å². The molecule has 0 saturated carbocycles. The van der Waals surface area contributed by atoms with Crippen LogP contribution in [0.5, 0.6) is 0 Å². The Balaban J connectivity index is 2.46. The normalized spacial score (nSPS) is 12.5. The van der Waals surface area contributed by atoms with Crippen LogP contribution in [0.25, 0.3) is 11.0 Å². The van der Waals surface area contributed by atoms with Gasteiger partial charge < -0.3 is 10.3 Å². The third kappa shape index (κ3) is 3.00. The molecule has 0 fully saturated rings. The van der Waals surface area contributed by atoms with E-state index in [0.717, 1.165) is 0 Å². The number of rotatable bonds is 3. The van der Waals surface area contributed by atoms with Crippen molar-refractivity contribution >= 4 is 16.7 Å². The van der Waals surface area contributed by atoms with Crippen LogP contribution in [0.15, 0.2) is 18.2 Å². The molecule has 0 unspecified atom stereocenters. The lowest BCUT2D eigenvalue weighted by Crippen LogP contribution is -2.14. The van der Waals surface area contributed by atoms with Crippen molar-refractivity contribution in [3.63, 3.8) is 0 Å². The first-order chi connectivity index (χ1) is 8.78. The van der Waals surface area contributed by atoms with Crippen LogP contribution in [-0.2, 0) is 6.54 Å². The lowest BCUT2D eigenvalue weighted by Gasteiger charge is -2.13. The van der Waals surface area contributed by atoms with E-state index < -0.39 is 12.6 Å². The molecular weight excluding hydrogens is 255 g/mol. The van der Waals surface area contributed by atoms with E-state index in [4.69, 9.17) is 5.73 Å². The number of nitrogen functional groups attached to an aromatic ring is 1. The van der Waals surface area contributed by atoms with Gasteiger partial charge in [-0.05, 0) is 18.2 Å². The molecule has 1 heterocycles. The topological polar surface area (TPSA) is 43.8 Å². The first-order valence-electron chi connectivity index (χ1n) is 6.10. The Labute approximate surface area is 109 Å². The largest absolute Gasteiger partial charge is 0.399 e. The summed E-state index contributed by atoms with van der Waals surface area (Å²) in [6.45, 7) is 3.71. The number of nitrogens with zero attached hydrogens (tertiary/aromatic N) is 2. The molecule has 0 aliphatic heterocycles. The number of alkyl halides is 3. The lowest BCUT2D eigenvalue weighted by atomic mass is 10.2. The molecular formula is C13H16F3N3. The predicted molar refractivity (Wildman–Crippen MR) is 68.9 cm³/mol. The first-order valence-corrected chi connectivity index (χ1v) is 6.10. The molecule has 1 aromatic heterocycles. The highest BCUT2D eigenvalue weighted by Gasteiger charge is 2.28. The Morgan fingerprint density at radius 3 is 2.58 bits per heavy atom. The number of nitrogens with two attached hydrogens (primary N) is 1. The zero-order valence-electron chi connectivity index (χ0n) is 10.8. The van der Waals surface area contributed by atoms with Gasteiger partial charge in [0.1, 0.15) is 5.82 Å². The fourth-order valence-electron chi connectivity index (χ4n) is 2.08. The van der Waals surface area contributed by atoms with Crippen LogP contribution < -0.4 is 5.73 Å². The molecule has 0 atom stereocenters. The SMILES string of the molecule is CC(C)c1nc2cc(N)ccc2n1CCC(F)(F)F. The van der Waals surface area contributed by atoms with Crippen LogP contribution in [-0.4, -0.2) is 15.7 Å². The van der Waals surface area contributed by atoms with E-state index in [1.807, 2.05) is 13.8 Å². The number of halogens is 3. The summed E-state index contributed by atoms with van der Waals surface area (Å²) in [5.41, 5.74) is 7.57. The third-order valence-corrected chi connectivity index (χ3v) is 2.94. The Hall–Kier alpha value is -1.72. The zero-order valence-corrected chi connectivity index (χ0v) is 10.8. The maximum Gasteiger partial charge on any atom is 0.390 e. The molecule has 0 bridgehead atoms. The number of aromatic nitrogens is 2. The molecule has 0 spiro atoms. The van der Waals surface area contributed by atoms with E-state index in [-0.39, 0.29) is 12.5 Å². The molecule has 104 valence electrons. The molecule has 0 aliphatic rings. The molecule has 2 aromatic rings. The molecule has 6 heteroatoms. The highest BCUT2D eigenvalue weighted by molar-refractivity contribution is 5.79. The van der Waals surface area contributed by atoms with Gasteiger partial charge in [0.05, 0.1) is 17.5 Å². The van der Waals surface area contributed by atoms with Gasteiger partial charge in [-0.25, -0.2) is 4.98 Å². The van der Waals surface area contributed by atoms with E-state index in [1.54, 1.807) is 22.8 Å². The van der Waals surface area contributed by atoms with Crippen LogP contribution in [0.3, 0.4) is 0 Å². The number of benzene rings is 1. The summed E-state index contributed by atoms with van der Waals surface area (Å²) in [5.74, 6) is 0.715. The Kier molecular flexibility index (Phi) is 3.43. The van der Waals surface area contributed by atoms with Gasteiger partial charge in [0.25, 0.3) is 0 Å². The summed E-state index contributed by atoms with van der Waals surface area (Å²) in [6, 6.07) is 5.09. The second-order valence-corrected chi connectivity index (χ2v) is 4.89. The molecule has 2 rings (SSSR count). The quantitative estimate of drug-likeness (QED) is 0.865. The second-order valence-electron chi connectivity index (χ2n) is 4.89. The minimum Gasteiger partial charge on any atom is -0.399 e. The molecule has 0 amide bonds. The summed E-state index contributed by atoms with van der Waals surface area (Å²) in [6.07, 6.45) is -5.03. The van der Waals surface area contributed by atoms with Gasteiger partial charge in [0.2, 0.25) is 0 Å². The van der Waals surface area contributed by atoms with Crippen molar-refractivity contribution in [2.45, 2.75) is 38.9 Å². The Bertz CT molecular complexity index is 585. The lowest BCUT2D eigenvalue weighted by molar-refractivity contribution is -0.136. The van der Waals surface area contributed by atoms with Gasteiger partial charge in [-0.3, -0.25) is 0 Å². The van der Waals surface area contributed by atoms with Crippen molar-refractivity contribution in [3.05, 3.63) is 24.0 Å². The standard InChI is InChI=1S/C13H16F3N3/c1-8(2)12-18-10-7-9(17)3-4-11(10)19(12)6-5-13(14,15)16/h3-4,7-8H,5-6,17H2,1-2H3. The van der Waals surface area contributed by atoms with E-state index in [1.165, 1.54) is 0 Å². The maximum atomic E-state index is 12.4. The Morgan fingerprint density at radius 2 is 2.00 bits per heavy atom. The minimum absolute atomic E-state index is 0.0573. The summed E-state index contributed by atoms with van der Waals surface area (Å²) < 4.78 is 38.8. The molecule has 0 radical (unpaired) electrons. The number of anilines is 1. The van der Waals surface area contributed by atoms with Crippen LogP contribution in [0, 0.1) is 0 Å². The Morgan fingerprint density at radius 1 is 1.32 bits per heavy atom. The van der Waals surface area contributed by atoms with Crippen LogP contribution in [0.1, 0.15) is 32.0 Å². The second kappa shape index (κ2) is 4.75. The monoisotopic (exact) mass is 271 g/mol. The van der Waals surface area contributed by atoms with Crippen molar-refractivity contribution in [3.8, 4) is 0 Å². The fraction of sp³-hybridized carbons (Fsp3) is 0.462. The van der Waals surface area contributed by atoms with Gasteiger partial charge in [-0.15, -0.1) is 0 Å². The van der Waals surface area contributed by atoms with Crippen molar-refractivity contribution in [1.29, 1.82) is 0 Å². The fourth-order valence-corrected chi connectivity index (χ4v) is 2.08. The van der Waals surface area contributed by atoms with Crippen molar-refractivity contribution < 1.29 is 13.2 Å². The van der Waals surface area contributed by atoms with Crippen LogP contribution in [0.4, 0.5) is 18.9 Å². The van der Waals surface area contributed by atoms with E-state index in [2.05, 4.69) is 4.98 Å². The number of hydrogen-bond donors (Lipinski definition) is 1. The number of hydrogen-bond acceptors (Lipinski definition) is 2. The molecule has 0 saturated heterocycles. The maximum absolute atomic E-state index is 12.4. The predicted octanol–water partition coefficient (Wildman–Crippen LogP) is 3.69. The average molecular weight is 271 g/mol. The van der Waals surface area contributed by atoms with Crippen molar-refractivity contribution in [2.24, 2.45) is 0 Å². The number of fused-ring (bicyclic) bond motifs is 1. The highest BCUT2D eigenvalue weighted by atomic mass is 19.4. The van der Waals surface area contributed by atoms with Gasteiger partial charge in [-0.1, -0.05) is 13.8 Å². The van der Waals surface area contributed by atoms with Crippen molar-refractivity contribution in [1.82, 2.24) is 9.55 Å². The molecule has 0 aliphatic carbocycles. The molecule has 2 N–H and O–H groups in total. The van der Waals surface area contributed by atoms with Gasteiger partial charge in [0, 0.05) is 18.2 Å². The van der Waals surface area contributed by atoms with E-state index >= 15 is 0 Å². The number of aryl methyl sites for hydroxylation is 1. The summed E-state index contributed by atoms with van der Waals surface area (Å²) in [5, 5.41) is 0. The first kappa shape index (κ1) is 13.7. The zero-order chi connectivity index (χ0) is 14.2. The smallest absolute Gasteiger partial charge is 0.390 e. The van der Waals surface area contributed by atoms with Crippen molar-refractivity contribution in [2.75, 3.05) is 5.73 Å². The molecule has 19 heavy (non-hydrogen) atoms. The molecule has 1 aromatic carbocycles. The minimum atomic E-state index is -4.17. The summed E-state index contributed by atoms with van der Waals surface area (Å²) in [7, 11) is 0. The van der Waals surface area contributed by atoms with Crippen LogP contribution in [0.2, 0.25) is 0 Å². The highest BCUT2D eigenvalue weighted by Crippen LogP contribution is 2.27. The number of imidazole rings is 1. The van der Waals surface area contributed by atoms with Gasteiger partial charge >= 0.3 is 6.18 Å². The summed E-state index contributed by atoms with van der Waals surface area (Å²) >= 11 is 0. The summed E-state index contributed by atoms with van der Waals surface area (Å²) in [4.78, 5) is 4.39. The van der Waals surface area contributed by atoms with Crippen LogP contribution >= 0.6 is 0 Å². The molecule has 3 nitrogen and oxygen atoms in total. The van der Waals surface area contributed by atoms with E-state index in [0.29, 0.717) is 22.5 Å². The third-order valence-electron chi connectivity index (χ3n) is 2.94. The average Bonchev–Trinajstić information content (AvgIpc) is 2.63. The van der Waals surface area contributed by atoms with E-state index in [9.17, 15) is 13.2 Å².